The van der Waals surface area contributed by atoms with Crippen LogP contribution in [0.15, 0.2) is 24.5 Å². The van der Waals surface area contributed by atoms with Crippen LogP contribution in [-0.4, -0.2) is 14.8 Å². The Balaban J connectivity index is 2.30. The zero-order valence-electron chi connectivity index (χ0n) is 10.2. The van der Waals surface area contributed by atoms with Gasteiger partial charge in [-0.3, -0.25) is 4.68 Å². The number of nitrogens with two attached hydrogens (primary N) is 1. The number of aryl methyl sites for hydroxylation is 2. The van der Waals surface area contributed by atoms with Crippen molar-refractivity contribution in [3.8, 4) is 11.1 Å². The second-order valence-corrected chi connectivity index (χ2v) is 4.83. The van der Waals surface area contributed by atoms with Crippen LogP contribution in [0.2, 0.25) is 5.02 Å². The Kier molecular flexibility index (Phi) is 2.35. The van der Waals surface area contributed by atoms with Crippen molar-refractivity contribution in [3.05, 3.63) is 35.1 Å². The number of anilines is 1. The molecule has 0 spiro atoms. The summed E-state index contributed by atoms with van der Waals surface area (Å²) in [6.07, 6.45) is 3.71. The van der Waals surface area contributed by atoms with Gasteiger partial charge >= 0.3 is 0 Å². The number of nitrogens with one attached hydrogen (secondary N) is 1. The van der Waals surface area contributed by atoms with Crippen LogP contribution in [0.3, 0.4) is 0 Å². The van der Waals surface area contributed by atoms with Crippen LogP contribution >= 0.6 is 11.6 Å². The molecule has 3 aromatic rings. The molecule has 0 radical (unpaired) electrons. The third-order valence-corrected chi connectivity index (χ3v) is 3.54. The molecule has 3 rings (SSSR count). The quantitative estimate of drug-likeness (QED) is 0.706. The number of nitrogens with zero attached hydrogens (tertiary/aromatic N) is 2. The van der Waals surface area contributed by atoms with E-state index in [9.17, 15) is 0 Å². The van der Waals surface area contributed by atoms with Gasteiger partial charge in [-0.1, -0.05) is 11.6 Å². The number of halogens is 1. The second-order valence-electron chi connectivity index (χ2n) is 4.42. The first kappa shape index (κ1) is 11.2. The summed E-state index contributed by atoms with van der Waals surface area (Å²) in [7, 11) is 1.82. The molecule has 0 atom stereocenters. The van der Waals surface area contributed by atoms with Gasteiger partial charge in [-0.05, 0) is 30.2 Å². The van der Waals surface area contributed by atoms with Gasteiger partial charge in [0.05, 0.1) is 16.7 Å². The van der Waals surface area contributed by atoms with Gasteiger partial charge in [0.1, 0.15) is 5.82 Å². The number of H-pyrrole nitrogens is 1. The summed E-state index contributed by atoms with van der Waals surface area (Å²) in [6.45, 7) is 2.05. The summed E-state index contributed by atoms with van der Waals surface area (Å²) in [4.78, 5) is 3.17. The molecule has 18 heavy (non-hydrogen) atoms. The molecule has 2 aromatic heterocycles. The lowest BCUT2D eigenvalue weighted by atomic mass is 10.0. The van der Waals surface area contributed by atoms with Crippen molar-refractivity contribution in [2.24, 2.45) is 7.05 Å². The molecule has 4 nitrogen and oxygen atoms in total. The predicted octanol–water partition coefficient (Wildman–Crippen LogP) is 3.11. The molecule has 0 aliphatic heterocycles. The van der Waals surface area contributed by atoms with Crippen molar-refractivity contribution >= 4 is 28.3 Å². The lowest BCUT2D eigenvalue weighted by Gasteiger charge is -2.04. The van der Waals surface area contributed by atoms with Crippen LogP contribution in [0, 0.1) is 6.92 Å². The van der Waals surface area contributed by atoms with Gasteiger partial charge in [0.25, 0.3) is 0 Å². The number of aromatic nitrogens is 3. The number of benzene rings is 1. The molecule has 0 saturated heterocycles. The van der Waals surface area contributed by atoms with E-state index in [4.69, 9.17) is 17.3 Å². The average molecular weight is 261 g/mol. The molecule has 3 N–H and O–H groups in total. The van der Waals surface area contributed by atoms with E-state index in [0.29, 0.717) is 10.8 Å². The predicted molar refractivity (Wildman–Crippen MR) is 74.7 cm³/mol. The number of hydrogen-bond acceptors (Lipinski definition) is 2. The first-order chi connectivity index (χ1) is 8.58. The maximum atomic E-state index is 6.29. The molecule has 0 saturated carbocycles. The topological polar surface area (TPSA) is 59.6 Å². The normalized spacial score (nSPS) is 11.3. The third-order valence-electron chi connectivity index (χ3n) is 3.24. The fraction of sp³-hybridized carbons (Fsp3) is 0.154. The Hall–Kier alpha value is -1.94. The second kappa shape index (κ2) is 3.78. The number of hydrogen-bond donors (Lipinski definition) is 2. The van der Waals surface area contributed by atoms with Crippen LogP contribution in [0.5, 0.6) is 0 Å². The Bertz CT molecular complexity index is 739. The highest BCUT2D eigenvalue weighted by atomic mass is 35.5. The Morgan fingerprint density at radius 1 is 1.39 bits per heavy atom. The number of fused-ring (bicyclic) bond motifs is 1. The molecule has 2 heterocycles. The molecule has 0 amide bonds. The number of aromatic amines is 1. The van der Waals surface area contributed by atoms with Gasteiger partial charge in [0.15, 0.2) is 0 Å². The molecular weight excluding hydrogens is 248 g/mol. The summed E-state index contributed by atoms with van der Waals surface area (Å²) in [5.74, 6) is 0.638. The van der Waals surface area contributed by atoms with E-state index in [1.54, 1.807) is 10.9 Å². The molecule has 5 heteroatoms. The third kappa shape index (κ3) is 1.49. The molecule has 92 valence electrons. The summed E-state index contributed by atoms with van der Waals surface area (Å²) in [5, 5.41) is 5.96. The minimum atomic E-state index is 0.638. The minimum Gasteiger partial charge on any atom is -0.383 e. The van der Waals surface area contributed by atoms with Crippen molar-refractivity contribution in [2.45, 2.75) is 6.92 Å². The van der Waals surface area contributed by atoms with Gasteiger partial charge in [0, 0.05) is 24.2 Å². The Labute approximate surface area is 109 Å². The van der Waals surface area contributed by atoms with Crippen LogP contribution in [-0.2, 0) is 7.05 Å². The van der Waals surface area contributed by atoms with E-state index in [2.05, 4.69) is 16.1 Å². The number of rotatable bonds is 1. The summed E-state index contributed by atoms with van der Waals surface area (Å²) in [5.41, 5.74) is 10.0. The molecule has 0 aliphatic carbocycles. The molecule has 0 fully saturated rings. The molecular formula is C13H13ClN4. The first-order valence-electron chi connectivity index (χ1n) is 5.63. The minimum absolute atomic E-state index is 0.638. The zero-order chi connectivity index (χ0) is 12.9. The monoisotopic (exact) mass is 260 g/mol. The largest absolute Gasteiger partial charge is 0.383 e. The molecule has 0 unspecified atom stereocenters. The van der Waals surface area contributed by atoms with Crippen molar-refractivity contribution < 1.29 is 0 Å². The standard InChI is InChI=1S/C13H13ClN4/c1-7-5-16-12-9(7)3-8(4-11(12)14)10-6-17-18(2)13(10)15/h3-6,16H,15H2,1-2H3. The van der Waals surface area contributed by atoms with E-state index in [0.717, 1.165) is 27.6 Å². The van der Waals surface area contributed by atoms with Crippen LogP contribution in [0.1, 0.15) is 5.56 Å². The summed E-state index contributed by atoms with van der Waals surface area (Å²) >= 11 is 6.29. The van der Waals surface area contributed by atoms with Crippen LogP contribution in [0.4, 0.5) is 5.82 Å². The Morgan fingerprint density at radius 2 is 2.17 bits per heavy atom. The van der Waals surface area contributed by atoms with Crippen molar-refractivity contribution in [3.63, 3.8) is 0 Å². The lowest BCUT2D eigenvalue weighted by molar-refractivity contribution is 0.779. The highest BCUT2D eigenvalue weighted by molar-refractivity contribution is 6.35. The highest BCUT2D eigenvalue weighted by Crippen LogP contribution is 2.33. The molecule has 1 aromatic carbocycles. The maximum absolute atomic E-state index is 6.29. The fourth-order valence-electron chi connectivity index (χ4n) is 2.15. The van der Waals surface area contributed by atoms with Crippen molar-refractivity contribution in [2.75, 3.05) is 5.73 Å². The smallest absolute Gasteiger partial charge is 0.129 e. The van der Waals surface area contributed by atoms with Crippen molar-refractivity contribution in [1.82, 2.24) is 14.8 Å². The highest BCUT2D eigenvalue weighted by Gasteiger charge is 2.12. The fourth-order valence-corrected chi connectivity index (χ4v) is 2.42. The van der Waals surface area contributed by atoms with Gasteiger partial charge in [-0.15, -0.1) is 0 Å². The SMILES string of the molecule is Cc1c[nH]c2c(Cl)cc(-c3cnn(C)c3N)cc12. The van der Waals surface area contributed by atoms with Crippen LogP contribution in [0.25, 0.3) is 22.0 Å². The van der Waals surface area contributed by atoms with Crippen molar-refractivity contribution in [1.29, 1.82) is 0 Å². The average Bonchev–Trinajstić information content (AvgIpc) is 2.86. The lowest BCUT2D eigenvalue weighted by Crippen LogP contribution is -1.98. The van der Waals surface area contributed by atoms with Gasteiger partial charge in [-0.25, -0.2) is 0 Å². The van der Waals surface area contributed by atoms with Crippen LogP contribution < -0.4 is 5.73 Å². The van der Waals surface area contributed by atoms with E-state index < -0.39 is 0 Å². The maximum Gasteiger partial charge on any atom is 0.129 e. The molecule has 0 bridgehead atoms. The van der Waals surface area contributed by atoms with E-state index in [1.807, 2.05) is 26.2 Å². The van der Waals surface area contributed by atoms with E-state index >= 15 is 0 Å². The van der Waals surface area contributed by atoms with Gasteiger partial charge in [0.2, 0.25) is 0 Å². The zero-order valence-corrected chi connectivity index (χ0v) is 10.9. The summed E-state index contributed by atoms with van der Waals surface area (Å²) < 4.78 is 1.65. The first-order valence-corrected chi connectivity index (χ1v) is 6.01. The van der Waals surface area contributed by atoms with E-state index in [-0.39, 0.29) is 0 Å². The molecule has 0 aliphatic rings. The Morgan fingerprint density at radius 3 is 2.83 bits per heavy atom. The summed E-state index contributed by atoms with van der Waals surface area (Å²) in [6, 6.07) is 3.99. The van der Waals surface area contributed by atoms with E-state index in [1.165, 1.54) is 0 Å². The number of nitrogen functional groups attached to an aromatic ring is 1. The van der Waals surface area contributed by atoms with Gasteiger partial charge < -0.3 is 10.7 Å². The van der Waals surface area contributed by atoms with Gasteiger partial charge in [-0.2, -0.15) is 5.10 Å².